The van der Waals surface area contributed by atoms with Crippen molar-refractivity contribution in [2.45, 2.75) is 11.1 Å². The molecule has 29 heavy (non-hydrogen) atoms. The lowest BCUT2D eigenvalue weighted by atomic mass is 10.2. The molecule has 6 nitrogen and oxygen atoms in total. The van der Waals surface area contributed by atoms with E-state index >= 15 is 0 Å². The third-order valence-corrected chi connectivity index (χ3v) is 6.56. The monoisotopic (exact) mass is 428 g/mol. The van der Waals surface area contributed by atoms with Crippen molar-refractivity contribution in [1.29, 1.82) is 0 Å². The summed E-state index contributed by atoms with van der Waals surface area (Å²) < 4.78 is 70.3. The van der Waals surface area contributed by atoms with E-state index in [1.54, 1.807) is 24.3 Å². The van der Waals surface area contributed by atoms with E-state index in [4.69, 9.17) is 4.74 Å². The number of carbonyl (C=O) groups is 1. The van der Waals surface area contributed by atoms with Crippen LogP contribution in [0.4, 0.5) is 13.2 Å². The van der Waals surface area contributed by atoms with Gasteiger partial charge in [0.2, 0.25) is 10.0 Å². The number of methoxy groups -OCH3 is 1. The number of halogens is 3. The summed E-state index contributed by atoms with van der Waals surface area (Å²) in [7, 11) is -2.57. The van der Waals surface area contributed by atoms with Crippen LogP contribution in [0.5, 0.6) is 5.75 Å². The summed E-state index contributed by atoms with van der Waals surface area (Å²) in [6.07, 6.45) is -4.63. The largest absolute Gasteiger partial charge is 0.497 e. The molecule has 3 rings (SSSR count). The smallest absolute Gasteiger partial charge is 0.416 e. The molecule has 10 heteroatoms. The first-order valence-corrected chi connectivity index (χ1v) is 10.2. The molecule has 156 valence electrons. The SMILES string of the molecule is COc1ccc(C(=O)N2CCN(S(=O)(=O)c3cccc(C(F)(F)F)c3)CC2)cc1. The molecule has 0 bridgehead atoms. The van der Waals surface area contributed by atoms with Gasteiger partial charge in [0.15, 0.2) is 0 Å². The Kier molecular flexibility index (Phi) is 5.85. The number of alkyl halides is 3. The predicted octanol–water partition coefficient (Wildman–Crippen LogP) is 2.86. The van der Waals surface area contributed by atoms with Crippen molar-refractivity contribution in [3.8, 4) is 5.75 Å². The number of hydrogen-bond donors (Lipinski definition) is 0. The molecular weight excluding hydrogens is 409 g/mol. The van der Waals surface area contributed by atoms with Gasteiger partial charge in [-0.1, -0.05) is 6.07 Å². The lowest BCUT2D eigenvalue weighted by molar-refractivity contribution is -0.137. The summed E-state index contributed by atoms with van der Waals surface area (Å²) in [4.78, 5) is 13.7. The van der Waals surface area contributed by atoms with Gasteiger partial charge in [-0.15, -0.1) is 0 Å². The highest BCUT2D eigenvalue weighted by molar-refractivity contribution is 7.89. The van der Waals surface area contributed by atoms with E-state index in [1.165, 1.54) is 12.0 Å². The highest BCUT2D eigenvalue weighted by Gasteiger charge is 2.34. The molecule has 2 aromatic carbocycles. The van der Waals surface area contributed by atoms with Crippen LogP contribution in [0.1, 0.15) is 15.9 Å². The van der Waals surface area contributed by atoms with Crippen LogP contribution in [0.3, 0.4) is 0 Å². The Bertz CT molecular complexity index is 983. The third kappa shape index (κ3) is 4.54. The number of ether oxygens (including phenoxy) is 1. The molecule has 0 spiro atoms. The summed E-state index contributed by atoms with van der Waals surface area (Å²) in [5, 5.41) is 0. The van der Waals surface area contributed by atoms with Gasteiger partial charge in [0.25, 0.3) is 5.91 Å². The number of piperazine rings is 1. The van der Waals surface area contributed by atoms with Crippen LogP contribution in [0.2, 0.25) is 0 Å². The van der Waals surface area contributed by atoms with Gasteiger partial charge >= 0.3 is 6.18 Å². The Morgan fingerprint density at radius 3 is 2.17 bits per heavy atom. The van der Waals surface area contributed by atoms with E-state index in [0.717, 1.165) is 22.5 Å². The molecule has 1 amide bonds. The number of rotatable bonds is 4. The Labute approximate surface area is 166 Å². The van der Waals surface area contributed by atoms with Gasteiger partial charge in [-0.05, 0) is 42.5 Å². The zero-order valence-corrected chi connectivity index (χ0v) is 16.3. The highest BCUT2D eigenvalue weighted by atomic mass is 32.2. The van der Waals surface area contributed by atoms with Crippen LogP contribution in [0.25, 0.3) is 0 Å². The van der Waals surface area contributed by atoms with Crippen molar-refractivity contribution in [2.75, 3.05) is 33.3 Å². The van der Waals surface area contributed by atoms with E-state index in [1.807, 2.05) is 0 Å². The maximum atomic E-state index is 12.9. The summed E-state index contributed by atoms with van der Waals surface area (Å²) in [5.74, 6) is 0.363. The van der Waals surface area contributed by atoms with Gasteiger partial charge in [0, 0.05) is 31.7 Å². The molecule has 0 saturated carbocycles. The van der Waals surface area contributed by atoms with Crippen molar-refractivity contribution < 1.29 is 31.1 Å². The zero-order chi connectivity index (χ0) is 21.2. The molecular formula is C19H19F3N2O4S. The summed E-state index contributed by atoms with van der Waals surface area (Å²) in [6.45, 7) is 0.285. The van der Waals surface area contributed by atoms with E-state index in [-0.39, 0.29) is 32.1 Å². The lowest BCUT2D eigenvalue weighted by Crippen LogP contribution is -2.50. The van der Waals surface area contributed by atoms with Crippen LogP contribution in [0.15, 0.2) is 53.4 Å². The highest BCUT2D eigenvalue weighted by Crippen LogP contribution is 2.31. The molecule has 1 aliphatic heterocycles. The topological polar surface area (TPSA) is 66.9 Å². The molecule has 1 saturated heterocycles. The minimum absolute atomic E-state index is 0.000470. The summed E-state index contributed by atoms with van der Waals surface area (Å²) in [5.41, 5.74) is -0.577. The second-order valence-corrected chi connectivity index (χ2v) is 8.39. The molecule has 1 heterocycles. The first-order valence-electron chi connectivity index (χ1n) is 8.73. The first-order chi connectivity index (χ1) is 13.6. The molecule has 0 radical (unpaired) electrons. The third-order valence-electron chi connectivity index (χ3n) is 4.66. The number of sulfonamides is 1. The van der Waals surface area contributed by atoms with Crippen molar-refractivity contribution in [3.63, 3.8) is 0 Å². The van der Waals surface area contributed by atoms with Crippen LogP contribution >= 0.6 is 0 Å². The fraction of sp³-hybridized carbons (Fsp3) is 0.316. The summed E-state index contributed by atoms with van der Waals surface area (Å²) >= 11 is 0. The predicted molar refractivity (Wildman–Crippen MR) is 99.1 cm³/mol. The molecule has 1 fully saturated rings. The van der Waals surface area contributed by atoms with Crippen LogP contribution in [0, 0.1) is 0 Å². The number of carbonyl (C=O) groups excluding carboxylic acids is 1. The molecule has 0 N–H and O–H groups in total. The van der Waals surface area contributed by atoms with Crippen LogP contribution < -0.4 is 4.74 Å². The molecule has 0 aliphatic carbocycles. The van der Waals surface area contributed by atoms with Gasteiger partial charge in [-0.3, -0.25) is 4.79 Å². The van der Waals surface area contributed by atoms with Gasteiger partial charge in [0.1, 0.15) is 5.75 Å². The standard InChI is InChI=1S/C19H19F3N2O4S/c1-28-16-7-5-14(6-8-16)18(25)23-9-11-24(12-10-23)29(26,27)17-4-2-3-15(13-17)19(20,21)22/h2-8,13H,9-12H2,1H3. The van der Waals surface area contributed by atoms with Gasteiger partial charge in [-0.2, -0.15) is 17.5 Å². The number of nitrogens with zero attached hydrogens (tertiary/aromatic N) is 2. The number of benzene rings is 2. The van der Waals surface area contributed by atoms with Crippen LogP contribution in [-0.2, 0) is 16.2 Å². The molecule has 0 atom stereocenters. The van der Waals surface area contributed by atoms with E-state index in [2.05, 4.69) is 0 Å². The Morgan fingerprint density at radius 1 is 1.00 bits per heavy atom. The Balaban J connectivity index is 1.70. The maximum Gasteiger partial charge on any atom is 0.416 e. The van der Waals surface area contributed by atoms with Crippen molar-refractivity contribution in [3.05, 3.63) is 59.7 Å². The van der Waals surface area contributed by atoms with E-state index < -0.39 is 26.7 Å². The summed E-state index contributed by atoms with van der Waals surface area (Å²) in [6, 6.07) is 10.2. The lowest BCUT2D eigenvalue weighted by Gasteiger charge is -2.34. The Morgan fingerprint density at radius 2 is 1.62 bits per heavy atom. The van der Waals surface area contributed by atoms with Gasteiger partial charge in [0.05, 0.1) is 17.6 Å². The minimum Gasteiger partial charge on any atom is -0.497 e. The number of hydrogen-bond acceptors (Lipinski definition) is 4. The van der Waals surface area contributed by atoms with E-state index in [0.29, 0.717) is 17.4 Å². The fourth-order valence-electron chi connectivity index (χ4n) is 3.03. The fourth-order valence-corrected chi connectivity index (χ4v) is 4.50. The van der Waals surface area contributed by atoms with Crippen LogP contribution in [-0.4, -0.2) is 56.8 Å². The maximum absolute atomic E-state index is 12.9. The minimum atomic E-state index is -4.63. The van der Waals surface area contributed by atoms with E-state index in [9.17, 15) is 26.4 Å². The van der Waals surface area contributed by atoms with Crippen molar-refractivity contribution in [1.82, 2.24) is 9.21 Å². The molecule has 0 unspecified atom stereocenters. The number of amides is 1. The molecule has 1 aliphatic rings. The molecule has 2 aromatic rings. The second kappa shape index (κ2) is 8.03. The Hall–Kier alpha value is -2.59. The van der Waals surface area contributed by atoms with Crippen molar-refractivity contribution in [2.24, 2.45) is 0 Å². The second-order valence-electron chi connectivity index (χ2n) is 6.45. The normalized spacial score (nSPS) is 15.9. The van der Waals surface area contributed by atoms with Crippen molar-refractivity contribution >= 4 is 15.9 Å². The average molecular weight is 428 g/mol. The molecule has 0 aromatic heterocycles. The zero-order valence-electron chi connectivity index (χ0n) is 15.5. The average Bonchev–Trinajstić information content (AvgIpc) is 2.73. The van der Waals surface area contributed by atoms with Gasteiger partial charge in [-0.25, -0.2) is 8.42 Å². The quantitative estimate of drug-likeness (QED) is 0.751. The van der Waals surface area contributed by atoms with Gasteiger partial charge < -0.3 is 9.64 Å². The first kappa shape index (κ1) is 21.1.